The van der Waals surface area contributed by atoms with Crippen LogP contribution in [0.25, 0.3) is 10.8 Å². The fraction of sp³-hybridized carbons (Fsp3) is 0.182. The third kappa shape index (κ3) is 3.31. The first-order chi connectivity index (χ1) is 12.7. The van der Waals surface area contributed by atoms with Crippen LogP contribution in [0.4, 0.5) is 5.69 Å². The van der Waals surface area contributed by atoms with Crippen molar-refractivity contribution in [1.82, 2.24) is 4.90 Å². The van der Waals surface area contributed by atoms with Gasteiger partial charge in [0.05, 0.1) is 6.42 Å². The Bertz CT molecular complexity index is 953. The van der Waals surface area contributed by atoms with Crippen LogP contribution in [0.15, 0.2) is 72.8 Å². The maximum atomic E-state index is 12.6. The zero-order valence-corrected chi connectivity index (χ0v) is 14.4. The maximum absolute atomic E-state index is 12.6. The summed E-state index contributed by atoms with van der Waals surface area (Å²) in [5, 5.41) is 5.49. The van der Waals surface area contributed by atoms with Crippen molar-refractivity contribution in [3.05, 3.63) is 78.4 Å². The lowest BCUT2D eigenvalue weighted by molar-refractivity contribution is -0.138. The maximum Gasteiger partial charge on any atom is 0.252 e. The van der Waals surface area contributed by atoms with Gasteiger partial charge in [-0.2, -0.15) is 0 Å². The first kappa shape index (κ1) is 16.3. The number of carbonyl (C=O) groups is 2. The fourth-order valence-corrected chi connectivity index (χ4v) is 3.40. The summed E-state index contributed by atoms with van der Waals surface area (Å²) >= 11 is 0. The molecule has 0 saturated carbocycles. The minimum Gasteiger partial charge on any atom is -0.373 e. The number of hydrogen-bond acceptors (Lipinski definition) is 3. The average Bonchev–Trinajstić information content (AvgIpc) is 2.94. The van der Waals surface area contributed by atoms with E-state index < -0.39 is 6.04 Å². The highest BCUT2D eigenvalue weighted by Gasteiger charge is 2.38. The van der Waals surface area contributed by atoms with E-state index in [0.717, 1.165) is 22.0 Å². The summed E-state index contributed by atoms with van der Waals surface area (Å²) < 4.78 is 0. The van der Waals surface area contributed by atoms with Gasteiger partial charge < -0.3 is 5.32 Å². The van der Waals surface area contributed by atoms with Gasteiger partial charge in [0, 0.05) is 12.2 Å². The summed E-state index contributed by atoms with van der Waals surface area (Å²) in [6, 6.07) is 23.5. The molecule has 0 aliphatic carbocycles. The van der Waals surface area contributed by atoms with Crippen molar-refractivity contribution in [2.24, 2.45) is 0 Å². The topological polar surface area (TPSA) is 49.4 Å². The van der Waals surface area contributed by atoms with E-state index in [9.17, 15) is 9.59 Å². The minimum atomic E-state index is -0.487. The Morgan fingerprint density at radius 3 is 2.42 bits per heavy atom. The van der Waals surface area contributed by atoms with Crippen molar-refractivity contribution in [2.75, 3.05) is 11.9 Å². The Hall–Kier alpha value is -3.14. The Morgan fingerprint density at radius 1 is 0.885 bits per heavy atom. The smallest absolute Gasteiger partial charge is 0.252 e. The van der Waals surface area contributed by atoms with Crippen molar-refractivity contribution >= 4 is 28.3 Å². The van der Waals surface area contributed by atoms with Crippen molar-refractivity contribution in [3.8, 4) is 0 Å². The number of imide groups is 1. The van der Waals surface area contributed by atoms with Crippen LogP contribution in [-0.2, 0) is 16.0 Å². The quantitative estimate of drug-likeness (QED) is 0.719. The highest BCUT2D eigenvalue weighted by atomic mass is 16.2. The summed E-state index contributed by atoms with van der Waals surface area (Å²) in [6.45, 7) is 0.428. The third-order valence-corrected chi connectivity index (χ3v) is 4.80. The van der Waals surface area contributed by atoms with Crippen molar-refractivity contribution < 1.29 is 9.59 Å². The second-order valence-corrected chi connectivity index (χ2v) is 6.58. The molecule has 2 amide bonds. The number of amides is 2. The van der Waals surface area contributed by atoms with Crippen LogP contribution in [0.1, 0.15) is 12.0 Å². The molecule has 4 rings (SSSR count). The molecule has 3 aromatic carbocycles. The molecule has 1 N–H and O–H groups in total. The lowest BCUT2D eigenvalue weighted by atomic mass is 10.1. The molecule has 4 nitrogen and oxygen atoms in total. The van der Waals surface area contributed by atoms with Gasteiger partial charge in [0.1, 0.15) is 6.04 Å². The predicted molar refractivity (Wildman–Crippen MR) is 103 cm³/mol. The van der Waals surface area contributed by atoms with Gasteiger partial charge in [-0.05, 0) is 34.9 Å². The van der Waals surface area contributed by atoms with Crippen LogP contribution in [0.2, 0.25) is 0 Å². The van der Waals surface area contributed by atoms with Gasteiger partial charge in [0.25, 0.3) is 5.91 Å². The van der Waals surface area contributed by atoms with Crippen LogP contribution < -0.4 is 5.32 Å². The predicted octanol–water partition coefficient (Wildman–Crippen LogP) is 3.62. The molecular formula is C22H20N2O2. The zero-order chi connectivity index (χ0) is 17.9. The van der Waals surface area contributed by atoms with E-state index in [-0.39, 0.29) is 18.2 Å². The first-order valence-corrected chi connectivity index (χ1v) is 8.84. The Kier molecular flexibility index (Phi) is 4.40. The van der Waals surface area contributed by atoms with Crippen LogP contribution in [0.3, 0.4) is 0 Å². The number of rotatable bonds is 5. The Labute approximate surface area is 152 Å². The highest BCUT2D eigenvalue weighted by molar-refractivity contribution is 6.07. The van der Waals surface area contributed by atoms with Gasteiger partial charge in [-0.25, -0.2) is 0 Å². The number of hydrogen-bond donors (Lipinski definition) is 1. The molecule has 3 aromatic rings. The van der Waals surface area contributed by atoms with Gasteiger partial charge in [-0.3, -0.25) is 14.5 Å². The molecule has 1 heterocycles. The number of likely N-dealkylation sites (tertiary alicyclic amines) is 1. The van der Waals surface area contributed by atoms with E-state index in [1.54, 1.807) is 0 Å². The SMILES string of the molecule is O=C1C[C@H](Nc2ccc3ccccc3c2)C(=O)N1CCc1ccccc1. The van der Waals surface area contributed by atoms with E-state index >= 15 is 0 Å². The van der Waals surface area contributed by atoms with Crippen molar-refractivity contribution in [1.29, 1.82) is 0 Å². The summed E-state index contributed by atoms with van der Waals surface area (Å²) in [7, 11) is 0. The molecule has 0 aromatic heterocycles. The van der Waals surface area contributed by atoms with E-state index in [4.69, 9.17) is 0 Å². The third-order valence-electron chi connectivity index (χ3n) is 4.80. The molecule has 1 aliphatic heterocycles. The molecule has 26 heavy (non-hydrogen) atoms. The molecule has 0 radical (unpaired) electrons. The second kappa shape index (κ2) is 7.00. The first-order valence-electron chi connectivity index (χ1n) is 8.84. The standard InChI is InChI=1S/C22H20N2O2/c25-21-15-20(22(26)24(21)13-12-16-6-2-1-3-7-16)23-19-11-10-17-8-4-5-9-18(17)14-19/h1-11,14,20,23H,12-13,15H2/t20-/m0/s1. The minimum absolute atomic E-state index is 0.107. The number of anilines is 1. The van der Waals surface area contributed by atoms with E-state index in [1.807, 2.05) is 66.7 Å². The van der Waals surface area contributed by atoms with Crippen LogP contribution in [0.5, 0.6) is 0 Å². The molecule has 1 aliphatic rings. The van der Waals surface area contributed by atoms with Gasteiger partial charge in [-0.1, -0.05) is 60.7 Å². The molecular weight excluding hydrogens is 324 g/mol. The summed E-state index contributed by atoms with van der Waals surface area (Å²) in [5.41, 5.74) is 1.98. The number of fused-ring (bicyclic) bond motifs is 1. The number of benzene rings is 3. The number of nitrogens with one attached hydrogen (secondary N) is 1. The molecule has 1 fully saturated rings. The molecule has 0 unspecified atom stereocenters. The molecule has 4 heteroatoms. The van der Waals surface area contributed by atoms with Gasteiger partial charge in [0.2, 0.25) is 5.91 Å². The van der Waals surface area contributed by atoms with E-state index in [0.29, 0.717) is 13.0 Å². The van der Waals surface area contributed by atoms with E-state index in [1.165, 1.54) is 4.90 Å². The number of nitrogens with zero attached hydrogens (tertiary/aromatic N) is 1. The zero-order valence-electron chi connectivity index (χ0n) is 14.4. The monoisotopic (exact) mass is 344 g/mol. The summed E-state index contributed by atoms with van der Waals surface area (Å²) in [5.74, 6) is -0.247. The average molecular weight is 344 g/mol. The van der Waals surface area contributed by atoms with E-state index in [2.05, 4.69) is 11.4 Å². The lowest BCUT2D eigenvalue weighted by Crippen LogP contribution is -2.36. The Morgan fingerprint density at radius 2 is 1.62 bits per heavy atom. The second-order valence-electron chi connectivity index (χ2n) is 6.58. The fourth-order valence-electron chi connectivity index (χ4n) is 3.40. The van der Waals surface area contributed by atoms with Crippen molar-refractivity contribution in [3.63, 3.8) is 0 Å². The summed E-state index contributed by atoms with van der Waals surface area (Å²) in [4.78, 5) is 26.3. The largest absolute Gasteiger partial charge is 0.373 e. The molecule has 1 atom stereocenters. The van der Waals surface area contributed by atoms with Crippen LogP contribution in [0, 0.1) is 0 Å². The molecule has 0 spiro atoms. The van der Waals surface area contributed by atoms with Gasteiger partial charge >= 0.3 is 0 Å². The Balaban J connectivity index is 1.44. The molecule has 130 valence electrons. The molecule has 1 saturated heterocycles. The van der Waals surface area contributed by atoms with Crippen LogP contribution in [-0.4, -0.2) is 29.3 Å². The number of carbonyl (C=O) groups excluding carboxylic acids is 2. The molecule has 0 bridgehead atoms. The van der Waals surface area contributed by atoms with Crippen LogP contribution >= 0.6 is 0 Å². The van der Waals surface area contributed by atoms with Gasteiger partial charge in [0.15, 0.2) is 0 Å². The lowest BCUT2D eigenvalue weighted by Gasteiger charge is -2.16. The highest BCUT2D eigenvalue weighted by Crippen LogP contribution is 2.23. The summed E-state index contributed by atoms with van der Waals surface area (Å²) in [6.07, 6.45) is 0.890. The van der Waals surface area contributed by atoms with Crippen molar-refractivity contribution in [2.45, 2.75) is 18.9 Å². The van der Waals surface area contributed by atoms with Gasteiger partial charge in [-0.15, -0.1) is 0 Å². The normalized spacial score (nSPS) is 17.1.